The lowest BCUT2D eigenvalue weighted by atomic mass is 9.88. The molecule has 1 fully saturated rings. The Morgan fingerprint density at radius 3 is 2.70 bits per heavy atom. The van der Waals surface area contributed by atoms with E-state index in [1.807, 2.05) is 19.2 Å². The molecular formula is C16H20N2O2. The zero-order valence-electron chi connectivity index (χ0n) is 12.1. The molecule has 2 aromatic rings. The number of methoxy groups -OCH3 is 1. The molecule has 4 heteroatoms. The second-order valence-electron chi connectivity index (χ2n) is 5.55. The maximum absolute atomic E-state index is 12.5. The minimum atomic E-state index is 0.0400. The topological polar surface area (TPSA) is 44.1 Å². The van der Waals surface area contributed by atoms with E-state index in [2.05, 4.69) is 0 Å². The maximum atomic E-state index is 12.5. The zero-order chi connectivity index (χ0) is 14.1. The van der Waals surface area contributed by atoms with Gasteiger partial charge in [-0.05, 0) is 25.0 Å². The molecule has 1 aromatic carbocycles. The van der Waals surface area contributed by atoms with Crippen LogP contribution in [0.4, 0.5) is 0 Å². The summed E-state index contributed by atoms with van der Waals surface area (Å²) in [6, 6.07) is 5.46. The van der Waals surface area contributed by atoms with Gasteiger partial charge in [-0.25, -0.2) is 4.98 Å². The Morgan fingerprint density at radius 1 is 1.25 bits per heavy atom. The van der Waals surface area contributed by atoms with Crippen molar-refractivity contribution in [2.45, 2.75) is 38.0 Å². The second kappa shape index (κ2) is 5.27. The van der Waals surface area contributed by atoms with Crippen molar-refractivity contribution in [3.63, 3.8) is 0 Å². The summed E-state index contributed by atoms with van der Waals surface area (Å²) in [4.78, 5) is 17.2. The Bertz CT molecular complexity index is 685. The van der Waals surface area contributed by atoms with E-state index < -0.39 is 0 Å². The van der Waals surface area contributed by atoms with Gasteiger partial charge in [0.1, 0.15) is 11.6 Å². The molecule has 1 saturated carbocycles. The highest BCUT2D eigenvalue weighted by atomic mass is 16.5. The first-order chi connectivity index (χ1) is 9.70. The number of rotatable bonds is 2. The van der Waals surface area contributed by atoms with Gasteiger partial charge in [-0.15, -0.1) is 0 Å². The van der Waals surface area contributed by atoms with Crippen LogP contribution in [0.3, 0.4) is 0 Å². The molecule has 0 saturated heterocycles. The molecular weight excluding hydrogens is 252 g/mol. The number of hydrogen-bond acceptors (Lipinski definition) is 3. The Kier molecular flexibility index (Phi) is 3.47. The standard InChI is InChI=1S/C16H20N2O2/c1-18-15(11-6-4-3-5-7-11)17-14-10-12(20-2)8-9-13(14)16(18)19/h8-11H,3-7H2,1-2H3. The zero-order valence-corrected chi connectivity index (χ0v) is 12.1. The van der Waals surface area contributed by atoms with Gasteiger partial charge >= 0.3 is 0 Å². The lowest BCUT2D eigenvalue weighted by Gasteiger charge is -2.23. The van der Waals surface area contributed by atoms with Gasteiger partial charge in [0.2, 0.25) is 0 Å². The average Bonchev–Trinajstić information content (AvgIpc) is 2.51. The molecule has 0 atom stereocenters. The molecule has 0 N–H and O–H groups in total. The van der Waals surface area contributed by atoms with Gasteiger partial charge < -0.3 is 4.74 Å². The number of ether oxygens (including phenoxy) is 1. The third kappa shape index (κ3) is 2.19. The molecule has 0 spiro atoms. The van der Waals surface area contributed by atoms with Crippen LogP contribution < -0.4 is 10.3 Å². The summed E-state index contributed by atoms with van der Waals surface area (Å²) in [7, 11) is 3.47. The van der Waals surface area contributed by atoms with Crippen LogP contribution in [-0.2, 0) is 7.05 Å². The molecule has 106 valence electrons. The highest BCUT2D eigenvalue weighted by Crippen LogP contribution is 2.31. The van der Waals surface area contributed by atoms with E-state index in [0.717, 1.165) is 29.9 Å². The van der Waals surface area contributed by atoms with E-state index in [-0.39, 0.29) is 5.56 Å². The van der Waals surface area contributed by atoms with Crippen LogP contribution in [0.15, 0.2) is 23.0 Å². The number of nitrogens with zero attached hydrogens (tertiary/aromatic N) is 2. The smallest absolute Gasteiger partial charge is 0.261 e. The summed E-state index contributed by atoms with van der Waals surface area (Å²) in [5, 5.41) is 0.660. The molecule has 0 radical (unpaired) electrons. The van der Waals surface area contributed by atoms with Gasteiger partial charge in [0.25, 0.3) is 5.56 Å². The fourth-order valence-corrected chi connectivity index (χ4v) is 3.12. The molecule has 0 bridgehead atoms. The summed E-state index contributed by atoms with van der Waals surface area (Å²) in [5.41, 5.74) is 0.784. The highest BCUT2D eigenvalue weighted by Gasteiger charge is 2.20. The first-order valence-electron chi connectivity index (χ1n) is 7.25. The van der Waals surface area contributed by atoms with Crippen LogP contribution in [0.1, 0.15) is 43.8 Å². The van der Waals surface area contributed by atoms with Gasteiger partial charge in [-0.1, -0.05) is 19.3 Å². The number of fused-ring (bicyclic) bond motifs is 1. The van der Waals surface area contributed by atoms with Crippen LogP contribution >= 0.6 is 0 Å². The Labute approximate surface area is 118 Å². The van der Waals surface area contributed by atoms with Crippen molar-refractivity contribution >= 4 is 10.9 Å². The SMILES string of the molecule is COc1ccc2c(=O)n(C)c(C3CCCCC3)nc2c1. The van der Waals surface area contributed by atoms with Crippen LogP contribution in [0.5, 0.6) is 5.75 Å². The molecule has 1 aromatic heterocycles. The first-order valence-corrected chi connectivity index (χ1v) is 7.25. The van der Waals surface area contributed by atoms with E-state index in [1.165, 1.54) is 19.3 Å². The van der Waals surface area contributed by atoms with Crippen LogP contribution in [0.25, 0.3) is 10.9 Å². The van der Waals surface area contributed by atoms with E-state index in [4.69, 9.17) is 9.72 Å². The van der Waals surface area contributed by atoms with E-state index in [0.29, 0.717) is 11.3 Å². The van der Waals surface area contributed by atoms with Gasteiger partial charge in [-0.3, -0.25) is 9.36 Å². The minimum Gasteiger partial charge on any atom is -0.497 e. The predicted octanol–water partition coefficient (Wildman–Crippen LogP) is 2.99. The van der Waals surface area contributed by atoms with Crippen LogP contribution in [0, 0.1) is 0 Å². The average molecular weight is 272 g/mol. The number of benzene rings is 1. The second-order valence-corrected chi connectivity index (χ2v) is 5.55. The van der Waals surface area contributed by atoms with Gasteiger partial charge in [0.05, 0.1) is 18.0 Å². The molecule has 3 rings (SSSR count). The molecule has 1 aliphatic carbocycles. The largest absolute Gasteiger partial charge is 0.497 e. The van der Waals surface area contributed by atoms with Crippen molar-refractivity contribution in [3.8, 4) is 5.75 Å². The van der Waals surface area contributed by atoms with Crippen molar-refractivity contribution < 1.29 is 4.74 Å². The highest BCUT2D eigenvalue weighted by molar-refractivity contribution is 5.79. The Hall–Kier alpha value is -1.84. The molecule has 1 heterocycles. The maximum Gasteiger partial charge on any atom is 0.261 e. The fourth-order valence-electron chi connectivity index (χ4n) is 3.12. The molecule has 0 amide bonds. The third-order valence-electron chi connectivity index (χ3n) is 4.29. The lowest BCUT2D eigenvalue weighted by Crippen LogP contribution is -2.25. The molecule has 4 nitrogen and oxygen atoms in total. The first kappa shape index (κ1) is 13.2. The quantitative estimate of drug-likeness (QED) is 0.844. The summed E-state index contributed by atoms with van der Waals surface area (Å²) >= 11 is 0. The van der Waals surface area contributed by atoms with Gasteiger partial charge in [0, 0.05) is 19.0 Å². The van der Waals surface area contributed by atoms with Crippen LogP contribution in [-0.4, -0.2) is 16.7 Å². The lowest BCUT2D eigenvalue weighted by molar-refractivity contribution is 0.413. The van der Waals surface area contributed by atoms with E-state index in [1.54, 1.807) is 17.7 Å². The molecule has 0 aliphatic heterocycles. The minimum absolute atomic E-state index is 0.0400. The number of hydrogen-bond donors (Lipinski definition) is 0. The van der Waals surface area contributed by atoms with Crippen molar-refractivity contribution in [1.82, 2.24) is 9.55 Å². The van der Waals surface area contributed by atoms with Crippen molar-refractivity contribution in [3.05, 3.63) is 34.4 Å². The normalized spacial score (nSPS) is 16.5. The van der Waals surface area contributed by atoms with E-state index in [9.17, 15) is 4.79 Å². The van der Waals surface area contributed by atoms with Crippen LogP contribution in [0.2, 0.25) is 0 Å². The molecule has 20 heavy (non-hydrogen) atoms. The summed E-state index contributed by atoms with van der Waals surface area (Å²) in [6.07, 6.45) is 6.03. The molecule has 1 aliphatic rings. The van der Waals surface area contributed by atoms with Crippen molar-refractivity contribution in [2.75, 3.05) is 7.11 Å². The van der Waals surface area contributed by atoms with Gasteiger partial charge in [0.15, 0.2) is 0 Å². The Balaban J connectivity index is 2.16. The van der Waals surface area contributed by atoms with Crippen molar-refractivity contribution in [2.24, 2.45) is 7.05 Å². The number of aromatic nitrogens is 2. The summed E-state index contributed by atoms with van der Waals surface area (Å²) in [5.74, 6) is 2.08. The monoisotopic (exact) mass is 272 g/mol. The van der Waals surface area contributed by atoms with E-state index >= 15 is 0 Å². The predicted molar refractivity (Wildman–Crippen MR) is 79.4 cm³/mol. The fraction of sp³-hybridized carbons (Fsp3) is 0.500. The third-order valence-corrected chi connectivity index (χ3v) is 4.29. The van der Waals surface area contributed by atoms with Gasteiger partial charge in [-0.2, -0.15) is 0 Å². The van der Waals surface area contributed by atoms with Crippen molar-refractivity contribution in [1.29, 1.82) is 0 Å². The summed E-state index contributed by atoms with van der Waals surface area (Å²) < 4.78 is 6.96. The molecule has 0 unspecified atom stereocenters. The summed E-state index contributed by atoms with van der Waals surface area (Å²) in [6.45, 7) is 0. The Morgan fingerprint density at radius 2 is 2.00 bits per heavy atom.